The quantitative estimate of drug-likeness (QED) is 0.893. The Labute approximate surface area is 122 Å². The van der Waals surface area contributed by atoms with Crippen LogP contribution < -0.4 is 10.1 Å². The maximum atomic E-state index is 5.74. The van der Waals surface area contributed by atoms with Crippen molar-refractivity contribution in [1.29, 1.82) is 0 Å². The summed E-state index contributed by atoms with van der Waals surface area (Å²) < 4.78 is 5.74. The van der Waals surface area contributed by atoms with Gasteiger partial charge in [-0.1, -0.05) is 25.1 Å². The molecular formula is C17H26N2O. The van der Waals surface area contributed by atoms with Crippen LogP contribution in [-0.4, -0.2) is 44.2 Å². The molecule has 20 heavy (non-hydrogen) atoms. The van der Waals surface area contributed by atoms with Crippen molar-refractivity contribution < 1.29 is 4.74 Å². The first-order valence-corrected chi connectivity index (χ1v) is 8.01. The largest absolute Gasteiger partial charge is 0.493 e. The van der Waals surface area contributed by atoms with Crippen molar-refractivity contribution in [2.75, 3.05) is 39.3 Å². The van der Waals surface area contributed by atoms with Crippen LogP contribution in [0.5, 0.6) is 5.75 Å². The molecule has 1 atom stereocenters. The van der Waals surface area contributed by atoms with Gasteiger partial charge in [-0.05, 0) is 51.0 Å². The van der Waals surface area contributed by atoms with E-state index >= 15 is 0 Å². The van der Waals surface area contributed by atoms with Crippen molar-refractivity contribution in [3.8, 4) is 5.75 Å². The van der Waals surface area contributed by atoms with Crippen molar-refractivity contribution in [3.63, 3.8) is 0 Å². The van der Waals surface area contributed by atoms with Gasteiger partial charge in [0.15, 0.2) is 0 Å². The zero-order valence-electron chi connectivity index (χ0n) is 12.5. The van der Waals surface area contributed by atoms with Crippen LogP contribution in [0.3, 0.4) is 0 Å². The standard InChI is InChI=1S/C17H26N2O/c1-2-19-9-7-14(8-10-19)11-18-12-15-13-20-17-6-4-3-5-16(15)17/h3-6,14-15,18H,2,7-13H2,1H3. The summed E-state index contributed by atoms with van der Waals surface area (Å²) in [6, 6.07) is 8.45. The van der Waals surface area contributed by atoms with Crippen molar-refractivity contribution >= 4 is 0 Å². The smallest absolute Gasteiger partial charge is 0.122 e. The van der Waals surface area contributed by atoms with Crippen LogP contribution in [0.1, 0.15) is 31.2 Å². The van der Waals surface area contributed by atoms with Gasteiger partial charge < -0.3 is 15.0 Å². The fraction of sp³-hybridized carbons (Fsp3) is 0.647. The first kappa shape index (κ1) is 13.9. The Kier molecular flexibility index (Phi) is 4.58. The Hall–Kier alpha value is -1.06. The molecule has 2 heterocycles. The molecule has 110 valence electrons. The van der Waals surface area contributed by atoms with Gasteiger partial charge >= 0.3 is 0 Å². The summed E-state index contributed by atoms with van der Waals surface area (Å²) in [5.74, 6) is 2.47. The molecule has 1 N–H and O–H groups in total. The third-order valence-corrected chi connectivity index (χ3v) is 4.78. The fourth-order valence-electron chi connectivity index (χ4n) is 3.37. The number of ether oxygens (including phenoxy) is 1. The van der Waals surface area contributed by atoms with E-state index in [9.17, 15) is 0 Å². The van der Waals surface area contributed by atoms with E-state index in [-0.39, 0.29) is 0 Å². The van der Waals surface area contributed by atoms with Crippen LogP contribution in [-0.2, 0) is 0 Å². The number of benzene rings is 1. The first-order valence-electron chi connectivity index (χ1n) is 8.01. The van der Waals surface area contributed by atoms with Gasteiger partial charge in [0, 0.05) is 18.0 Å². The van der Waals surface area contributed by atoms with Crippen LogP contribution in [0.2, 0.25) is 0 Å². The first-order chi connectivity index (χ1) is 9.86. The molecule has 0 aromatic heterocycles. The molecular weight excluding hydrogens is 248 g/mol. The molecule has 1 unspecified atom stereocenters. The number of piperidine rings is 1. The maximum absolute atomic E-state index is 5.74. The molecule has 0 radical (unpaired) electrons. The van der Waals surface area contributed by atoms with Crippen LogP contribution >= 0.6 is 0 Å². The number of nitrogens with zero attached hydrogens (tertiary/aromatic N) is 1. The predicted molar refractivity (Wildman–Crippen MR) is 82.4 cm³/mol. The summed E-state index contributed by atoms with van der Waals surface area (Å²) in [6.45, 7) is 9.06. The lowest BCUT2D eigenvalue weighted by Gasteiger charge is -2.31. The highest BCUT2D eigenvalue weighted by molar-refractivity contribution is 5.39. The average molecular weight is 274 g/mol. The van der Waals surface area contributed by atoms with Crippen molar-refractivity contribution in [2.45, 2.75) is 25.7 Å². The highest BCUT2D eigenvalue weighted by Crippen LogP contribution is 2.32. The van der Waals surface area contributed by atoms with E-state index in [0.29, 0.717) is 5.92 Å². The van der Waals surface area contributed by atoms with Gasteiger partial charge in [0.25, 0.3) is 0 Å². The molecule has 0 aliphatic carbocycles. The summed E-state index contributed by atoms with van der Waals surface area (Å²) in [5.41, 5.74) is 1.38. The zero-order chi connectivity index (χ0) is 13.8. The summed E-state index contributed by atoms with van der Waals surface area (Å²) >= 11 is 0. The molecule has 1 aromatic carbocycles. The van der Waals surface area contributed by atoms with Gasteiger partial charge in [-0.15, -0.1) is 0 Å². The summed E-state index contributed by atoms with van der Waals surface area (Å²) in [5, 5.41) is 3.67. The van der Waals surface area contributed by atoms with Gasteiger partial charge in [-0.2, -0.15) is 0 Å². The molecule has 0 saturated carbocycles. The van der Waals surface area contributed by atoms with Gasteiger partial charge in [0.05, 0.1) is 6.61 Å². The molecule has 2 aliphatic heterocycles. The Morgan fingerprint density at radius 3 is 2.80 bits per heavy atom. The van der Waals surface area contributed by atoms with Crippen molar-refractivity contribution in [3.05, 3.63) is 29.8 Å². The predicted octanol–water partition coefficient (Wildman–Crippen LogP) is 2.48. The molecule has 0 amide bonds. The average Bonchev–Trinajstić information content (AvgIpc) is 2.92. The van der Waals surface area contributed by atoms with Gasteiger partial charge in [-0.25, -0.2) is 0 Å². The van der Waals surface area contributed by atoms with Gasteiger partial charge in [0.1, 0.15) is 5.75 Å². The molecule has 1 aromatic rings. The van der Waals surface area contributed by atoms with E-state index < -0.39 is 0 Å². The van der Waals surface area contributed by atoms with Crippen LogP contribution in [0.15, 0.2) is 24.3 Å². The lowest BCUT2D eigenvalue weighted by Crippen LogP contribution is -2.37. The number of hydrogen-bond acceptors (Lipinski definition) is 3. The second kappa shape index (κ2) is 6.59. The fourth-order valence-corrected chi connectivity index (χ4v) is 3.37. The third-order valence-electron chi connectivity index (χ3n) is 4.78. The van der Waals surface area contributed by atoms with E-state index in [1.54, 1.807) is 0 Å². The summed E-state index contributed by atoms with van der Waals surface area (Å²) in [4.78, 5) is 2.55. The summed E-state index contributed by atoms with van der Waals surface area (Å²) in [7, 11) is 0. The van der Waals surface area contributed by atoms with Gasteiger partial charge in [-0.3, -0.25) is 0 Å². The highest BCUT2D eigenvalue weighted by Gasteiger charge is 2.24. The molecule has 2 aliphatic rings. The number of fused-ring (bicyclic) bond motifs is 1. The molecule has 1 fully saturated rings. The van der Waals surface area contributed by atoms with E-state index in [2.05, 4.69) is 41.4 Å². The minimum Gasteiger partial charge on any atom is -0.493 e. The van der Waals surface area contributed by atoms with Crippen LogP contribution in [0, 0.1) is 5.92 Å². The second-order valence-electron chi connectivity index (χ2n) is 6.08. The van der Waals surface area contributed by atoms with Gasteiger partial charge in [0.2, 0.25) is 0 Å². The maximum Gasteiger partial charge on any atom is 0.122 e. The number of rotatable bonds is 5. The van der Waals surface area contributed by atoms with Crippen molar-refractivity contribution in [2.24, 2.45) is 5.92 Å². The van der Waals surface area contributed by atoms with Crippen LogP contribution in [0.4, 0.5) is 0 Å². The highest BCUT2D eigenvalue weighted by atomic mass is 16.5. The van der Waals surface area contributed by atoms with Crippen molar-refractivity contribution in [1.82, 2.24) is 10.2 Å². The van der Waals surface area contributed by atoms with Crippen LogP contribution in [0.25, 0.3) is 0 Å². The van der Waals surface area contributed by atoms with E-state index in [1.165, 1.54) is 38.0 Å². The number of hydrogen-bond donors (Lipinski definition) is 1. The van der Waals surface area contributed by atoms with E-state index in [0.717, 1.165) is 31.4 Å². The molecule has 0 spiro atoms. The molecule has 1 saturated heterocycles. The number of para-hydroxylation sites is 1. The minimum absolute atomic E-state index is 0.530. The third kappa shape index (κ3) is 3.15. The molecule has 0 bridgehead atoms. The van der Waals surface area contributed by atoms with E-state index in [4.69, 9.17) is 4.74 Å². The molecule has 3 rings (SSSR count). The minimum atomic E-state index is 0.530. The lowest BCUT2D eigenvalue weighted by atomic mass is 9.96. The Morgan fingerprint density at radius 2 is 2.00 bits per heavy atom. The summed E-state index contributed by atoms with van der Waals surface area (Å²) in [6.07, 6.45) is 2.69. The normalized spacial score (nSPS) is 23.6. The zero-order valence-corrected chi connectivity index (χ0v) is 12.5. The monoisotopic (exact) mass is 274 g/mol. The molecule has 3 nitrogen and oxygen atoms in total. The van der Waals surface area contributed by atoms with E-state index in [1.807, 2.05) is 0 Å². The molecule has 3 heteroatoms. The topological polar surface area (TPSA) is 24.5 Å². The lowest BCUT2D eigenvalue weighted by molar-refractivity contribution is 0.189. The SMILES string of the molecule is CCN1CCC(CNCC2COc3ccccc32)CC1. The number of likely N-dealkylation sites (tertiary alicyclic amines) is 1. The number of nitrogens with one attached hydrogen (secondary N) is 1. The second-order valence-corrected chi connectivity index (χ2v) is 6.08. The Balaban J connectivity index is 1.41. The Bertz CT molecular complexity index is 427. The Morgan fingerprint density at radius 1 is 1.20 bits per heavy atom.